The normalized spacial score (nSPS) is 23.3. The number of carboxylic acids is 1. The molecule has 2 heterocycles. The Hall–Kier alpha value is -1.66. The van der Waals surface area contributed by atoms with Crippen LogP contribution < -0.4 is 4.90 Å². The van der Waals surface area contributed by atoms with E-state index in [1.807, 2.05) is 4.90 Å². The number of carboxylic acid groups (broad SMARTS) is 1. The molecule has 0 spiro atoms. The molecule has 0 aromatic carbocycles. The maximum absolute atomic E-state index is 11.2. The minimum atomic E-state index is -0.979. The molecule has 6 heteroatoms. The Bertz CT molecular complexity index is 426. The zero-order valence-corrected chi connectivity index (χ0v) is 10.4. The quantitative estimate of drug-likeness (QED) is 0.847. The summed E-state index contributed by atoms with van der Waals surface area (Å²) < 4.78 is 10.6. The minimum Gasteiger partial charge on any atom is -0.478 e. The largest absolute Gasteiger partial charge is 0.478 e. The summed E-state index contributed by atoms with van der Waals surface area (Å²) in [6, 6.07) is 3.16. The highest BCUT2D eigenvalue weighted by atomic mass is 16.5. The van der Waals surface area contributed by atoms with E-state index in [2.05, 4.69) is 4.98 Å². The predicted octanol–water partition coefficient (Wildman–Crippen LogP) is 0.630. The molecule has 0 bridgehead atoms. The molecule has 2 atom stereocenters. The summed E-state index contributed by atoms with van der Waals surface area (Å²) in [5.41, 5.74) is 0.198. The lowest BCUT2D eigenvalue weighted by Crippen LogP contribution is -2.27. The molecular formula is C12H16N2O4. The number of anilines is 1. The van der Waals surface area contributed by atoms with Crippen LogP contribution in [0.2, 0.25) is 0 Å². The molecular weight excluding hydrogens is 236 g/mol. The highest BCUT2D eigenvalue weighted by molar-refractivity contribution is 5.93. The fraction of sp³-hybridized carbons (Fsp3) is 0.500. The Morgan fingerprint density at radius 3 is 2.50 bits per heavy atom. The number of hydrogen-bond acceptors (Lipinski definition) is 5. The molecule has 2 rings (SSSR count). The summed E-state index contributed by atoms with van der Waals surface area (Å²) >= 11 is 0. The Kier molecular flexibility index (Phi) is 3.78. The second kappa shape index (κ2) is 5.32. The van der Waals surface area contributed by atoms with Crippen LogP contribution in [0.3, 0.4) is 0 Å². The van der Waals surface area contributed by atoms with Crippen molar-refractivity contribution in [1.82, 2.24) is 4.98 Å². The van der Waals surface area contributed by atoms with Crippen LogP contribution in [0.1, 0.15) is 10.4 Å². The summed E-state index contributed by atoms with van der Waals surface area (Å²) in [7, 11) is 3.24. The van der Waals surface area contributed by atoms with Gasteiger partial charge in [-0.15, -0.1) is 0 Å². The van der Waals surface area contributed by atoms with Gasteiger partial charge in [0.1, 0.15) is 23.6 Å². The molecule has 1 aliphatic heterocycles. The number of methoxy groups -OCH3 is 2. The van der Waals surface area contributed by atoms with Gasteiger partial charge < -0.3 is 19.5 Å². The molecule has 18 heavy (non-hydrogen) atoms. The third-order valence-corrected chi connectivity index (χ3v) is 3.14. The summed E-state index contributed by atoms with van der Waals surface area (Å²) in [5, 5.41) is 9.14. The third-order valence-electron chi connectivity index (χ3n) is 3.14. The maximum Gasteiger partial charge on any atom is 0.339 e. The smallest absolute Gasteiger partial charge is 0.339 e. The van der Waals surface area contributed by atoms with Crippen molar-refractivity contribution in [3.8, 4) is 0 Å². The lowest BCUT2D eigenvalue weighted by atomic mass is 10.2. The molecule has 2 unspecified atom stereocenters. The summed E-state index contributed by atoms with van der Waals surface area (Å²) in [5.74, 6) is -0.514. The number of rotatable bonds is 4. The molecule has 1 N–H and O–H groups in total. The molecule has 6 nitrogen and oxygen atoms in total. The van der Waals surface area contributed by atoms with Crippen molar-refractivity contribution in [2.75, 3.05) is 32.2 Å². The number of carbonyl (C=O) groups is 1. The Labute approximate surface area is 105 Å². The van der Waals surface area contributed by atoms with Gasteiger partial charge in [0.05, 0.1) is 0 Å². The minimum absolute atomic E-state index is 0.0707. The van der Waals surface area contributed by atoms with E-state index in [-0.39, 0.29) is 17.8 Å². The Morgan fingerprint density at radius 1 is 1.39 bits per heavy atom. The van der Waals surface area contributed by atoms with Gasteiger partial charge in [-0.25, -0.2) is 9.78 Å². The van der Waals surface area contributed by atoms with E-state index in [9.17, 15) is 4.79 Å². The van der Waals surface area contributed by atoms with Crippen LogP contribution in [0.4, 0.5) is 5.82 Å². The van der Waals surface area contributed by atoms with Crippen LogP contribution in [0.15, 0.2) is 18.3 Å². The fourth-order valence-corrected chi connectivity index (χ4v) is 2.19. The third kappa shape index (κ3) is 2.30. The molecule has 1 saturated heterocycles. The molecule has 0 amide bonds. The van der Waals surface area contributed by atoms with Crippen molar-refractivity contribution in [1.29, 1.82) is 0 Å². The van der Waals surface area contributed by atoms with Crippen LogP contribution in [0, 0.1) is 0 Å². The predicted molar refractivity (Wildman–Crippen MR) is 65.0 cm³/mol. The zero-order valence-electron chi connectivity index (χ0n) is 10.4. The van der Waals surface area contributed by atoms with Gasteiger partial charge in [0.15, 0.2) is 0 Å². The van der Waals surface area contributed by atoms with Gasteiger partial charge in [-0.1, -0.05) is 0 Å². The Morgan fingerprint density at radius 2 is 2.00 bits per heavy atom. The molecule has 1 aromatic heterocycles. The number of aromatic nitrogens is 1. The monoisotopic (exact) mass is 252 g/mol. The van der Waals surface area contributed by atoms with Gasteiger partial charge in [-0.3, -0.25) is 0 Å². The van der Waals surface area contributed by atoms with E-state index in [4.69, 9.17) is 14.6 Å². The van der Waals surface area contributed by atoms with Gasteiger partial charge in [0.2, 0.25) is 0 Å². The van der Waals surface area contributed by atoms with Gasteiger partial charge in [0.25, 0.3) is 0 Å². The standard InChI is InChI=1S/C12H16N2O4/c1-17-9-6-14(7-10(9)18-2)11-8(12(15)16)4-3-5-13-11/h3-5,9-10H,6-7H2,1-2H3,(H,15,16). The first kappa shape index (κ1) is 12.8. The maximum atomic E-state index is 11.2. The van der Waals surface area contributed by atoms with Crippen LogP contribution in [0.25, 0.3) is 0 Å². The molecule has 1 fully saturated rings. The van der Waals surface area contributed by atoms with Crippen molar-refractivity contribution >= 4 is 11.8 Å². The second-order valence-electron chi connectivity index (χ2n) is 4.13. The number of nitrogens with zero attached hydrogens (tertiary/aromatic N) is 2. The van der Waals surface area contributed by atoms with Crippen LogP contribution in [0.5, 0.6) is 0 Å². The second-order valence-corrected chi connectivity index (χ2v) is 4.13. The van der Waals surface area contributed by atoms with E-state index in [0.29, 0.717) is 18.9 Å². The summed E-state index contributed by atoms with van der Waals surface area (Å²) in [6.07, 6.45) is 1.45. The van der Waals surface area contributed by atoms with E-state index < -0.39 is 5.97 Å². The van der Waals surface area contributed by atoms with Crippen LogP contribution in [-0.4, -0.2) is 55.6 Å². The number of pyridine rings is 1. The van der Waals surface area contributed by atoms with Gasteiger partial charge in [0, 0.05) is 33.5 Å². The van der Waals surface area contributed by atoms with E-state index in [1.165, 1.54) is 0 Å². The van der Waals surface area contributed by atoms with Crippen molar-refractivity contribution in [2.45, 2.75) is 12.2 Å². The topological polar surface area (TPSA) is 71.9 Å². The molecule has 0 aliphatic carbocycles. The van der Waals surface area contributed by atoms with Gasteiger partial charge in [-0.05, 0) is 12.1 Å². The van der Waals surface area contributed by atoms with Crippen LogP contribution in [-0.2, 0) is 9.47 Å². The summed E-state index contributed by atoms with van der Waals surface area (Å²) in [4.78, 5) is 17.2. The van der Waals surface area contributed by atoms with Crippen molar-refractivity contribution in [2.24, 2.45) is 0 Å². The summed E-state index contributed by atoms with van der Waals surface area (Å²) in [6.45, 7) is 1.15. The highest BCUT2D eigenvalue weighted by Crippen LogP contribution is 2.24. The molecule has 0 radical (unpaired) electrons. The first-order valence-corrected chi connectivity index (χ1v) is 5.66. The SMILES string of the molecule is COC1CN(c2ncccc2C(=O)O)CC1OC. The van der Waals surface area contributed by atoms with Gasteiger partial charge in [-0.2, -0.15) is 0 Å². The van der Waals surface area contributed by atoms with Crippen molar-refractivity contribution in [3.05, 3.63) is 23.9 Å². The number of ether oxygens (including phenoxy) is 2. The highest BCUT2D eigenvalue weighted by Gasteiger charge is 2.35. The first-order chi connectivity index (χ1) is 8.67. The first-order valence-electron chi connectivity index (χ1n) is 5.66. The number of hydrogen-bond donors (Lipinski definition) is 1. The van der Waals surface area contributed by atoms with Crippen molar-refractivity contribution in [3.63, 3.8) is 0 Å². The van der Waals surface area contributed by atoms with E-state index in [1.54, 1.807) is 32.5 Å². The lowest BCUT2D eigenvalue weighted by molar-refractivity contribution is -0.00461. The van der Waals surface area contributed by atoms with Crippen LogP contribution >= 0.6 is 0 Å². The molecule has 1 aromatic rings. The lowest BCUT2D eigenvalue weighted by Gasteiger charge is -2.18. The zero-order chi connectivity index (χ0) is 13.1. The van der Waals surface area contributed by atoms with Gasteiger partial charge >= 0.3 is 5.97 Å². The van der Waals surface area contributed by atoms with E-state index >= 15 is 0 Å². The average molecular weight is 252 g/mol. The molecule has 1 aliphatic rings. The Balaban J connectivity index is 2.26. The molecule has 98 valence electrons. The fourth-order valence-electron chi connectivity index (χ4n) is 2.19. The van der Waals surface area contributed by atoms with Crippen molar-refractivity contribution < 1.29 is 19.4 Å². The number of aromatic carboxylic acids is 1. The average Bonchev–Trinajstić information content (AvgIpc) is 2.81. The molecule has 0 saturated carbocycles. The van der Waals surface area contributed by atoms with E-state index in [0.717, 1.165) is 0 Å².